The number of benzene rings is 1. The lowest BCUT2D eigenvalue weighted by molar-refractivity contribution is 0.624. The first kappa shape index (κ1) is 13.5. The Morgan fingerprint density at radius 1 is 1.15 bits per heavy atom. The van der Waals surface area contributed by atoms with Crippen molar-refractivity contribution in [1.29, 1.82) is 10.5 Å². The molecular weight excluding hydrogens is 255 g/mol. The summed E-state index contributed by atoms with van der Waals surface area (Å²) in [5, 5.41) is 21.0. The predicted octanol–water partition coefficient (Wildman–Crippen LogP) is 3.32. The molecule has 0 aliphatic heterocycles. The highest BCUT2D eigenvalue weighted by molar-refractivity contribution is 5.69. The first-order chi connectivity index (χ1) is 9.56. The number of nitriles is 2. The first-order valence-corrected chi connectivity index (χ1v) is 5.90. The lowest BCUT2D eigenvalue weighted by Gasteiger charge is -2.11. The van der Waals surface area contributed by atoms with Crippen molar-refractivity contribution in [3.05, 3.63) is 52.5 Å². The quantitative estimate of drug-likeness (QED) is 0.904. The van der Waals surface area contributed by atoms with Gasteiger partial charge in [0, 0.05) is 5.69 Å². The summed E-state index contributed by atoms with van der Waals surface area (Å²) in [5.41, 5.74) is 2.08. The molecule has 0 unspecified atom stereocenters. The molecule has 4 nitrogen and oxygen atoms in total. The van der Waals surface area contributed by atoms with Gasteiger partial charge in [0.15, 0.2) is 0 Å². The maximum Gasteiger partial charge on any atom is 0.148 e. The van der Waals surface area contributed by atoms with Crippen molar-refractivity contribution in [2.75, 3.05) is 5.32 Å². The summed E-state index contributed by atoms with van der Waals surface area (Å²) >= 11 is 0. The number of pyridine rings is 1. The van der Waals surface area contributed by atoms with E-state index in [1.54, 1.807) is 32.0 Å². The van der Waals surface area contributed by atoms with Crippen LogP contribution in [0.1, 0.15) is 22.4 Å². The average Bonchev–Trinajstić information content (AvgIpc) is 2.38. The highest BCUT2D eigenvalue weighted by Crippen LogP contribution is 2.25. The van der Waals surface area contributed by atoms with E-state index < -0.39 is 5.82 Å². The summed E-state index contributed by atoms with van der Waals surface area (Å²) in [7, 11) is 0. The SMILES string of the molecule is Cc1cc(C)c(C#N)c(Nc2cccc(F)c2C#N)n1. The zero-order chi connectivity index (χ0) is 14.7. The van der Waals surface area contributed by atoms with Crippen LogP contribution in [0.15, 0.2) is 24.3 Å². The number of hydrogen-bond donors (Lipinski definition) is 1. The van der Waals surface area contributed by atoms with Gasteiger partial charge in [-0.3, -0.25) is 0 Å². The average molecular weight is 266 g/mol. The molecule has 0 bridgehead atoms. The van der Waals surface area contributed by atoms with Crippen LogP contribution in [0.5, 0.6) is 0 Å². The van der Waals surface area contributed by atoms with Gasteiger partial charge in [0.1, 0.15) is 29.3 Å². The molecule has 0 amide bonds. The Balaban J connectivity index is 2.55. The van der Waals surface area contributed by atoms with E-state index in [1.165, 1.54) is 12.1 Å². The third-order valence-corrected chi connectivity index (χ3v) is 2.83. The molecule has 0 spiro atoms. The molecule has 98 valence electrons. The summed E-state index contributed by atoms with van der Waals surface area (Å²) < 4.78 is 13.5. The molecule has 2 aromatic rings. The smallest absolute Gasteiger partial charge is 0.148 e. The van der Waals surface area contributed by atoms with Crippen LogP contribution in [0, 0.1) is 42.3 Å². The van der Waals surface area contributed by atoms with E-state index in [-0.39, 0.29) is 5.56 Å². The van der Waals surface area contributed by atoms with E-state index in [0.717, 1.165) is 11.3 Å². The van der Waals surface area contributed by atoms with Gasteiger partial charge in [-0.2, -0.15) is 10.5 Å². The molecule has 1 aromatic carbocycles. The monoisotopic (exact) mass is 266 g/mol. The Morgan fingerprint density at radius 3 is 2.50 bits per heavy atom. The van der Waals surface area contributed by atoms with E-state index in [1.807, 2.05) is 0 Å². The summed E-state index contributed by atoms with van der Waals surface area (Å²) in [6, 6.07) is 9.93. The molecule has 1 aromatic heterocycles. The minimum atomic E-state index is -0.611. The summed E-state index contributed by atoms with van der Waals surface area (Å²) in [4.78, 5) is 4.24. The molecule has 2 rings (SSSR count). The van der Waals surface area contributed by atoms with Crippen molar-refractivity contribution in [1.82, 2.24) is 4.98 Å². The highest BCUT2D eigenvalue weighted by atomic mass is 19.1. The molecule has 5 heteroatoms. The van der Waals surface area contributed by atoms with Crippen LogP contribution in [-0.2, 0) is 0 Å². The Labute approximate surface area is 116 Å². The third-order valence-electron chi connectivity index (χ3n) is 2.83. The van der Waals surface area contributed by atoms with Crippen molar-refractivity contribution in [3.8, 4) is 12.1 Å². The van der Waals surface area contributed by atoms with Crippen LogP contribution in [0.25, 0.3) is 0 Å². The second-order valence-electron chi connectivity index (χ2n) is 4.32. The van der Waals surface area contributed by atoms with Crippen molar-refractivity contribution < 1.29 is 4.39 Å². The summed E-state index contributed by atoms with van der Waals surface area (Å²) in [5.74, 6) is -0.285. The molecule has 20 heavy (non-hydrogen) atoms. The van der Waals surface area contributed by atoms with Gasteiger partial charge in [-0.25, -0.2) is 9.37 Å². The van der Waals surface area contributed by atoms with Crippen molar-refractivity contribution in [2.24, 2.45) is 0 Å². The van der Waals surface area contributed by atoms with E-state index in [4.69, 9.17) is 5.26 Å². The van der Waals surface area contributed by atoms with Crippen molar-refractivity contribution in [2.45, 2.75) is 13.8 Å². The second kappa shape index (κ2) is 5.38. The van der Waals surface area contributed by atoms with Crippen LogP contribution < -0.4 is 5.32 Å². The van der Waals surface area contributed by atoms with E-state index >= 15 is 0 Å². The van der Waals surface area contributed by atoms with Gasteiger partial charge >= 0.3 is 0 Å². The van der Waals surface area contributed by atoms with Crippen LogP contribution >= 0.6 is 0 Å². The van der Waals surface area contributed by atoms with Gasteiger partial charge in [-0.1, -0.05) is 6.07 Å². The van der Waals surface area contributed by atoms with E-state index in [0.29, 0.717) is 17.1 Å². The van der Waals surface area contributed by atoms with Crippen LogP contribution in [-0.4, -0.2) is 4.98 Å². The number of rotatable bonds is 2. The van der Waals surface area contributed by atoms with Crippen LogP contribution in [0.2, 0.25) is 0 Å². The topological polar surface area (TPSA) is 72.5 Å². The maximum absolute atomic E-state index is 13.5. The Hall–Kier alpha value is -2.92. The zero-order valence-corrected chi connectivity index (χ0v) is 11.0. The Morgan fingerprint density at radius 2 is 1.85 bits per heavy atom. The second-order valence-corrected chi connectivity index (χ2v) is 4.32. The number of nitrogens with one attached hydrogen (secondary N) is 1. The Kier molecular flexibility index (Phi) is 3.63. The lowest BCUT2D eigenvalue weighted by Crippen LogP contribution is -2.03. The van der Waals surface area contributed by atoms with Gasteiger partial charge in [-0.15, -0.1) is 0 Å². The normalized spacial score (nSPS) is 9.65. The summed E-state index contributed by atoms with van der Waals surface area (Å²) in [6.07, 6.45) is 0. The maximum atomic E-state index is 13.5. The number of anilines is 2. The van der Waals surface area contributed by atoms with Gasteiger partial charge in [0.2, 0.25) is 0 Å². The molecule has 1 N–H and O–H groups in total. The van der Waals surface area contributed by atoms with E-state index in [2.05, 4.69) is 16.4 Å². The largest absolute Gasteiger partial charge is 0.338 e. The van der Waals surface area contributed by atoms with E-state index in [9.17, 15) is 9.65 Å². The fraction of sp³-hybridized carbons (Fsp3) is 0.133. The zero-order valence-electron chi connectivity index (χ0n) is 11.0. The minimum Gasteiger partial charge on any atom is -0.338 e. The first-order valence-electron chi connectivity index (χ1n) is 5.90. The number of nitrogens with zero attached hydrogens (tertiary/aromatic N) is 3. The Bertz CT molecular complexity index is 754. The molecule has 0 atom stereocenters. The fourth-order valence-corrected chi connectivity index (χ4v) is 1.94. The molecule has 0 saturated heterocycles. The molecule has 0 radical (unpaired) electrons. The number of hydrogen-bond acceptors (Lipinski definition) is 4. The number of aryl methyl sites for hydroxylation is 2. The minimum absolute atomic E-state index is 0.0997. The molecule has 0 saturated carbocycles. The van der Waals surface area contributed by atoms with Crippen LogP contribution in [0.3, 0.4) is 0 Å². The molecule has 0 fully saturated rings. The predicted molar refractivity (Wildman–Crippen MR) is 72.8 cm³/mol. The van der Waals surface area contributed by atoms with Crippen LogP contribution in [0.4, 0.5) is 15.9 Å². The van der Waals surface area contributed by atoms with Gasteiger partial charge in [0.05, 0.1) is 11.3 Å². The third kappa shape index (κ3) is 2.43. The standard InChI is InChI=1S/C15H11FN4/c1-9-6-10(2)19-15(11(9)7-17)20-14-5-3-4-13(16)12(14)8-18/h3-6H,1-2H3,(H,19,20). The van der Waals surface area contributed by atoms with Gasteiger partial charge in [0.25, 0.3) is 0 Å². The highest BCUT2D eigenvalue weighted by Gasteiger charge is 2.12. The molecule has 0 aliphatic carbocycles. The molecule has 1 heterocycles. The van der Waals surface area contributed by atoms with Gasteiger partial charge in [-0.05, 0) is 37.6 Å². The van der Waals surface area contributed by atoms with Gasteiger partial charge < -0.3 is 5.32 Å². The van der Waals surface area contributed by atoms with Crippen molar-refractivity contribution in [3.63, 3.8) is 0 Å². The van der Waals surface area contributed by atoms with Crippen molar-refractivity contribution >= 4 is 11.5 Å². The molecule has 0 aliphatic rings. The molecular formula is C15H11FN4. The number of halogens is 1. The fourth-order valence-electron chi connectivity index (χ4n) is 1.94. The lowest BCUT2D eigenvalue weighted by atomic mass is 10.1. The summed E-state index contributed by atoms with van der Waals surface area (Å²) in [6.45, 7) is 3.60. The number of aromatic nitrogens is 1.